The van der Waals surface area contributed by atoms with Crippen molar-refractivity contribution in [2.45, 2.75) is 46.1 Å². The van der Waals surface area contributed by atoms with E-state index in [1.165, 1.54) is 0 Å². The highest BCUT2D eigenvalue weighted by Gasteiger charge is 2.32. The van der Waals surface area contributed by atoms with E-state index in [-0.39, 0.29) is 17.9 Å². The van der Waals surface area contributed by atoms with Crippen molar-refractivity contribution >= 4 is 28.3 Å². The minimum Gasteiger partial charge on any atom is -0.437 e. The molecule has 2 aromatic carbocycles. The molecular formula is C32H36N6O2. The maximum absolute atomic E-state index is 13.1. The van der Waals surface area contributed by atoms with Gasteiger partial charge >= 0.3 is 0 Å². The van der Waals surface area contributed by atoms with E-state index >= 15 is 0 Å². The van der Waals surface area contributed by atoms with Gasteiger partial charge in [0.15, 0.2) is 0 Å². The summed E-state index contributed by atoms with van der Waals surface area (Å²) in [6.45, 7) is 9.04. The number of nitrogens with zero attached hydrogens (tertiary/aromatic N) is 4. The summed E-state index contributed by atoms with van der Waals surface area (Å²) in [4.78, 5) is 28.9. The molecule has 2 fully saturated rings. The van der Waals surface area contributed by atoms with Gasteiger partial charge in [-0.05, 0) is 68.5 Å². The van der Waals surface area contributed by atoms with Gasteiger partial charge in [0.1, 0.15) is 5.75 Å². The number of ether oxygens (including phenoxy) is 1. The summed E-state index contributed by atoms with van der Waals surface area (Å²) in [7, 11) is 0. The molecule has 0 saturated carbocycles. The van der Waals surface area contributed by atoms with Crippen LogP contribution in [0.25, 0.3) is 22.0 Å². The zero-order chi connectivity index (χ0) is 27.6. The van der Waals surface area contributed by atoms with Crippen LogP contribution in [0, 0.1) is 18.8 Å². The molecule has 40 heavy (non-hydrogen) atoms. The van der Waals surface area contributed by atoms with E-state index in [1.54, 1.807) is 12.4 Å². The molecule has 2 aromatic heterocycles. The fourth-order valence-corrected chi connectivity index (χ4v) is 5.94. The van der Waals surface area contributed by atoms with Crippen molar-refractivity contribution < 1.29 is 9.53 Å². The highest BCUT2D eigenvalue weighted by Crippen LogP contribution is 2.40. The standard InChI is InChI=1S/C32H36N6O2/c1-4-22-13-16-38(31(22)39)28-9-5-7-25-24(28)11-10-21(3)29(25)40-30-26(8-6-14-34-30)27-12-15-35-32(37-27)36-23-17-20(2)18-33-19-23/h5-12,14-15,20,22-23,33H,4,13,16-19H2,1-3H3,(H,35,36,37)/t20-,22+,23+/m1/s1. The number of hydrogen-bond acceptors (Lipinski definition) is 7. The molecule has 0 radical (unpaired) electrons. The van der Waals surface area contributed by atoms with Crippen LogP contribution < -0.4 is 20.3 Å². The molecule has 206 valence electrons. The number of nitrogens with one attached hydrogen (secondary N) is 2. The molecule has 3 atom stereocenters. The minimum atomic E-state index is 0.0949. The fourth-order valence-electron chi connectivity index (χ4n) is 5.94. The Morgan fingerprint density at radius 1 is 1.05 bits per heavy atom. The van der Waals surface area contributed by atoms with Gasteiger partial charge < -0.3 is 20.3 Å². The van der Waals surface area contributed by atoms with Crippen LogP contribution in [-0.2, 0) is 4.79 Å². The first-order chi connectivity index (χ1) is 19.5. The van der Waals surface area contributed by atoms with Crippen molar-refractivity contribution in [1.29, 1.82) is 0 Å². The number of aryl methyl sites for hydroxylation is 1. The van der Waals surface area contributed by atoms with Gasteiger partial charge in [0.05, 0.1) is 16.9 Å². The first-order valence-corrected chi connectivity index (χ1v) is 14.3. The van der Waals surface area contributed by atoms with Gasteiger partial charge in [0.25, 0.3) is 0 Å². The summed E-state index contributed by atoms with van der Waals surface area (Å²) in [5, 5.41) is 8.90. The van der Waals surface area contributed by atoms with Crippen LogP contribution in [-0.4, -0.2) is 46.5 Å². The Morgan fingerprint density at radius 3 is 2.77 bits per heavy atom. The van der Waals surface area contributed by atoms with E-state index in [1.807, 2.05) is 54.3 Å². The minimum absolute atomic E-state index is 0.0949. The average molecular weight is 537 g/mol. The molecule has 8 nitrogen and oxygen atoms in total. The van der Waals surface area contributed by atoms with E-state index in [9.17, 15) is 4.79 Å². The van der Waals surface area contributed by atoms with Gasteiger partial charge in [-0.25, -0.2) is 15.0 Å². The topological polar surface area (TPSA) is 92.3 Å². The number of rotatable bonds is 7. The first kappa shape index (κ1) is 26.2. The third-order valence-electron chi connectivity index (χ3n) is 8.09. The Labute approximate surface area is 235 Å². The number of hydrogen-bond donors (Lipinski definition) is 2. The molecule has 0 spiro atoms. The summed E-state index contributed by atoms with van der Waals surface area (Å²) in [6, 6.07) is 16.2. The molecule has 8 heteroatoms. The van der Waals surface area contributed by atoms with Gasteiger partial charge in [-0.15, -0.1) is 0 Å². The number of pyridine rings is 1. The fraction of sp³-hybridized carbons (Fsp3) is 0.375. The number of amides is 1. The molecule has 4 aromatic rings. The van der Waals surface area contributed by atoms with E-state index in [0.29, 0.717) is 17.7 Å². The number of benzene rings is 2. The number of piperidine rings is 1. The average Bonchev–Trinajstić information content (AvgIpc) is 3.34. The van der Waals surface area contributed by atoms with Crippen LogP contribution in [0.2, 0.25) is 0 Å². The second-order valence-corrected chi connectivity index (χ2v) is 11.0. The summed E-state index contributed by atoms with van der Waals surface area (Å²) in [5.41, 5.74) is 3.45. The largest absolute Gasteiger partial charge is 0.437 e. The van der Waals surface area contributed by atoms with Gasteiger partial charge in [-0.3, -0.25) is 4.79 Å². The Balaban J connectivity index is 1.33. The van der Waals surface area contributed by atoms with Crippen LogP contribution in [0.1, 0.15) is 38.7 Å². The number of carbonyl (C=O) groups is 1. The summed E-state index contributed by atoms with van der Waals surface area (Å²) < 4.78 is 6.59. The lowest BCUT2D eigenvalue weighted by Gasteiger charge is -2.28. The Morgan fingerprint density at radius 2 is 1.95 bits per heavy atom. The van der Waals surface area contributed by atoms with Crippen LogP contribution in [0.3, 0.4) is 0 Å². The molecule has 4 heterocycles. The lowest BCUT2D eigenvalue weighted by atomic mass is 9.98. The smallest absolute Gasteiger partial charge is 0.230 e. The van der Waals surface area contributed by atoms with Crippen molar-refractivity contribution in [1.82, 2.24) is 20.3 Å². The molecule has 0 unspecified atom stereocenters. The van der Waals surface area contributed by atoms with Crippen molar-refractivity contribution in [3.63, 3.8) is 0 Å². The quantitative estimate of drug-likeness (QED) is 0.301. The monoisotopic (exact) mass is 536 g/mol. The maximum atomic E-state index is 13.1. The van der Waals surface area contributed by atoms with E-state index in [0.717, 1.165) is 77.9 Å². The van der Waals surface area contributed by atoms with Crippen LogP contribution in [0.5, 0.6) is 11.6 Å². The predicted molar refractivity (Wildman–Crippen MR) is 159 cm³/mol. The van der Waals surface area contributed by atoms with E-state index in [2.05, 4.69) is 40.5 Å². The number of carbonyl (C=O) groups excluding carboxylic acids is 1. The van der Waals surface area contributed by atoms with Gasteiger partial charge in [0, 0.05) is 48.2 Å². The normalized spacial score (nSPS) is 21.1. The Bertz CT molecular complexity index is 1540. The van der Waals surface area contributed by atoms with Crippen molar-refractivity contribution in [2.75, 3.05) is 29.9 Å². The number of anilines is 2. The molecular weight excluding hydrogens is 500 g/mol. The first-order valence-electron chi connectivity index (χ1n) is 14.3. The van der Waals surface area contributed by atoms with Crippen molar-refractivity contribution in [3.8, 4) is 22.9 Å². The van der Waals surface area contributed by atoms with E-state index < -0.39 is 0 Å². The highest BCUT2D eigenvalue weighted by atomic mass is 16.5. The lowest BCUT2D eigenvalue weighted by molar-refractivity contribution is -0.120. The summed E-state index contributed by atoms with van der Waals surface area (Å²) >= 11 is 0. The Kier molecular flexibility index (Phi) is 7.34. The number of fused-ring (bicyclic) bond motifs is 1. The predicted octanol–water partition coefficient (Wildman–Crippen LogP) is 5.97. The molecule has 0 aliphatic carbocycles. The molecule has 2 aliphatic heterocycles. The third-order valence-corrected chi connectivity index (χ3v) is 8.09. The van der Waals surface area contributed by atoms with Crippen LogP contribution in [0.4, 0.5) is 11.6 Å². The van der Waals surface area contributed by atoms with Crippen LogP contribution in [0.15, 0.2) is 60.9 Å². The summed E-state index contributed by atoms with van der Waals surface area (Å²) in [6.07, 6.45) is 6.34. The van der Waals surface area contributed by atoms with Gasteiger partial charge in [-0.1, -0.05) is 38.1 Å². The van der Waals surface area contributed by atoms with Crippen molar-refractivity contribution in [2.24, 2.45) is 11.8 Å². The number of aromatic nitrogens is 3. The molecule has 2 saturated heterocycles. The van der Waals surface area contributed by atoms with Gasteiger partial charge in [0.2, 0.25) is 17.7 Å². The van der Waals surface area contributed by atoms with E-state index in [4.69, 9.17) is 9.72 Å². The van der Waals surface area contributed by atoms with Gasteiger partial charge in [-0.2, -0.15) is 0 Å². The lowest BCUT2D eigenvalue weighted by Crippen LogP contribution is -2.42. The SMILES string of the molecule is CC[C@H]1CCN(c2cccc3c(Oc4ncccc4-c4ccnc(N[C@@H]5CNC[C@H](C)C5)n4)c(C)ccc23)C1=O. The molecule has 1 amide bonds. The molecule has 2 aliphatic rings. The zero-order valence-electron chi connectivity index (χ0n) is 23.4. The van der Waals surface area contributed by atoms with Crippen molar-refractivity contribution in [3.05, 3.63) is 66.5 Å². The summed E-state index contributed by atoms with van der Waals surface area (Å²) in [5.74, 6) is 2.71. The second kappa shape index (κ2) is 11.2. The zero-order valence-corrected chi connectivity index (χ0v) is 23.4. The molecule has 0 bridgehead atoms. The Hall–Kier alpha value is -4.04. The highest BCUT2D eigenvalue weighted by molar-refractivity contribution is 6.07. The molecule has 2 N–H and O–H groups in total. The maximum Gasteiger partial charge on any atom is 0.230 e. The third kappa shape index (κ3) is 5.11. The molecule has 6 rings (SSSR count). The second-order valence-electron chi connectivity index (χ2n) is 11.0. The van der Waals surface area contributed by atoms with Crippen LogP contribution >= 0.6 is 0 Å².